The van der Waals surface area contributed by atoms with Gasteiger partial charge in [-0.15, -0.1) is 0 Å². The summed E-state index contributed by atoms with van der Waals surface area (Å²) in [7, 11) is 0. The molecule has 0 spiro atoms. The largest absolute Gasteiger partial charge is 0.484 e. The summed E-state index contributed by atoms with van der Waals surface area (Å²) in [5.41, 5.74) is 1.50. The number of morpholine rings is 1. The molecule has 1 saturated heterocycles. The molecule has 0 atom stereocenters. The summed E-state index contributed by atoms with van der Waals surface area (Å²) < 4.78 is 23.4. The van der Waals surface area contributed by atoms with Gasteiger partial charge in [0.05, 0.1) is 19.6 Å². The van der Waals surface area contributed by atoms with Gasteiger partial charge >= 0.3 is 0 Å². The van der Waals surface area contributed by atoms with Crippen molar-refractivity contribution in [2.75, 3.05) is 38.2 Å². The van der Waals surface area contributed by atoms with E-state index in [4.69, 9.17) is 9.47 Å². The molecular formula is C20H21FN2O4. The van der Waals surface area contributed by atoms with Crippen LogP contribution in [-0.4, -0.2) is 49.6 Å². The van der Waals surface area contributed by atoms with Gasteiger partial charge in [0.25, 0.3) is 5.91 Å². The van der Waals surface area contributed by atoms with Crippen LogP contribution in [0.3, 0.4) is 0 Å². The second-order valence-electron chi connectivity index (χ2n) is 6.16. The van der Waals surface area contributed by atoms with E-state index in [9.17, 15) is 14.0 Å². The number of carbonyl (C=O) groups excluding carboxylic acids is 2. The maximum Gasteiger partial charge on any atom is 0.262 e. The normalized spacial score (nSPS) is 13.9. The topological polar surface area (TPSA) is 67.9 Å². The molecule has 0 unspecified atom stereocenters. The van der Waals surface area contributed by atoms with Crippen molar-refractivity contribution in [1.82, 2.24) is 4.90 Å². The third kappa shape index (κ3) is 5.79. The first kappa shape index (κ1) is 18.8. The summed E-state index contributed by atoms with van der Waals surface area (Å²) in [6.45, 7) is 2.23. The van der Waals surface area contributed by atoms with Gasteiger partial charge in [-0.25, -0.2) is 4.39 Å². The number of benzene rings is 2. The van der Waals surface area contributed by atoms with Gasteiger partial charge in [-0.1, -0.05) is 12.1 Å². The van der Waals surface area contributed by atoms with Crippen LogP contribution in [0.2, 0.25) is 0 Å². The average molecular weight is 372 g/mol. The summed E-state index contributed by atoms with van der Waals surface area (Å²) in [5, 5.41) is 2.72. The fraction of sp³-hybridized carbons (Fsp3) is 0.300. The molecule has 0 aromatic heterocycles. The highest BCUT2D eigenvalue weighted by atomic mass is 19.1. The van der Waals surface area contributed by atoms with Crippen LogP contribution in [0, 0.1) is 5.82 Å². The predicted octanol–water partition coefficient (Wildman–Crippen LogP) is 2.24. The number of nitrogens with zero attached hydrogens (tertiary/aromatic N) is 1. The first-order valence-corrected chi connectivity index (χ1v) is 8.73. The van der Waals surface area contributed by atoms with Crippen molar-refractivity contribution >= 4 is 17.5 Å². The second-order valence-corrected chi connectivity index (χ2v) is 6.16. The molecule has 1 aliphatic heterocycles. The Kier molecular flexibility index (Phi) is 6.38. The molecular weight excluding hydrogens is 351 g/mol. The molecule has 7 heteroatoms. The van der Waals surface area contributed by atoms with Crippen LogP contribution in [0.5, 0.6) is 5.75 Å². The quantitative estimate of drug-likeness (QED) is 0.845. The maximum absolute atomic E-state index is 12.8. The Morgan fingerprint density at radius 2 is 1.70 bits per heavy atom. The van der Waals surface area contributed by atoms with Crippen LogP contribution in [0.4, 0.5) is 10.1 Å². The smallest absolute Gasteiger partial charge is 0.262 e. The summed E-state index contributed by atoms with van der Waals surface area (Å²) in [5.74, 6) is -0.193. The number of ether oxygens (including phenoxy) is 2. The lowest BCUT2D eigenvalue weighted by Gasteiger charge is -2.26. The van der Waals surface area contributed by atoms with Crippen molar-refractivity contribution < 1.29 is 23.5 Å². The lowest BCUT2D eigenvalue weighted by molar-refractivity contribution is -0.134. The van der Waals surface area contributed by atoms with Crippen molar-refractivity contribution in [2.24, 2.45) is 0 Å². The molecule has 0 bridgehead atoms. The minimum atomic E-state index is -0.362. The Labute approximate surface area is 156 Å². The van der Waals surface area contributed by atoms with E-state index in [-0.39, 0.29) is 24.2 Å². The summed E-state index contributed by atoms with van der Waals surface area (Å²) in [6.07, 6.45) is 0.321. The van der Waals surface area contributed by atoms with E-state index in [0.717, 1.165) is 5.56 Å². The molecule has 2 amide bonds. The second kappa shape index (κ2) is 9.14. The minimum absolute atomic E-state index is 0.0720. The zero-order valence-corrected chi connectivity index (χ0v) is 14.8. The standard InChI is InChI=1S/C20H21FN2O4/c21-16-3-7-18(8-4-16)27-14-19(24)22-17-5-1-15(2-6-17)13-20(25)23-9-11-26-12-10-23/h1-8H,9-14H2,(H,22,24). The first-order valence-electron chi connectivity index (χ1n) is 8.73. The van der Waals surface area contributed by atoms with E-state index in [1.54, 1.807) is 17.0 Å². The van der Waals surface area contributed by atoms with Gasteiger partial charge in [0, 0.05) is 18.8 Å². The number of halogens is 1. The van der Waals surface area contributed by atoms with Crippen LogP contribution in [0.1, 0.15) is 5.56 Å². The number of amides is 2. The number of hydrogen-bond donors (Lipinski definition) is 1. The Bertz CT molecular complexity index is 772. The molecule has 6 nitrogen and oxygen atoms in total. The van der Waals surface area contributed by atoms with Crippen LogP contribution >= 0.6 is 0 Å². The fourth-order valence-corrected chi connectivity index (χ4v) is 2.68. The van der Waals surface area contributed by atoms with Gasteiger partial charge in [0.1, 0.15) is 11.6 Å². The van der Waals surface area contributed by atoms with E-state index in [2.05, 4.69) is 5.32 Å². The van der Waals surface area contributed by atoms with Gasteiger partial charge in [-0.3, -0.25) is 9.59 Å². The van der Waals surface area contributed by atoms with E-state index in [1.165, 1.54) is 24.3 Å². The molecule has 0 aliphatic carbocycles. The number of hydrogen-bond acceptors (Lipinski definition) is 4. The number of carbonyl (C=O) groups is 2. The van der Waals surface area contributed by atoms with Gasteiger partial charge < -0.3 is 19.7 Å². The molecule has 2 aromatic rings. The monoisotopic (exact) mass is 372 g/mol. The predicted molar refractivity (Wildman–Crippen MR) is 98.1 cm³/mol. The van der Waals surface area contributed by atoms with Crippen molar-refractivity contribution in [3.63, 3.8) is 0 Å². The van der Waals surface area contributed by atoms with Crippen LogP contribution < -0.4 is 10.1 Å². The van der Waals surface area contributed by atoms with Crippen LogP contribution in [0.25, 0.3) is 0 Å². The zero-order valence-electron chi connectivity index (χ0n) is 14.8. The number of nitrogens with one attached hydrogen (secondary N) is 1. The SMILES string of the molecule is O=C(COc1ccc(F)cc1)Nc1ccc(CC(=O)N2CCOCC2)cc1. The molecule has 142 valence electrons. The van der Waals surface area contributed by atoms with Gasteiger partial charge in [-0.2, -0.15) is 0 Å². The Hall–Kier alpha value is -2.93. The van der Waals surface area contributed by atoms with E-state index in [0.29, 0.717) is 44.2 Å². The molecule has 2 aromatic carbocycles. The number of anilines is 1. The lowest BCUT2D eigenvalue weighted by atomic mass is 10.1. The Morgan fingerprint density at radius 3 is 2.37 bits per heavy atom. The highest BCUT2D eigenvalue weighted by Gasteiger charge is 2.16. The van der Waals surface area contributed by atoms with E-state index >= 15 is 0 Å². The fourth-order valence-electron chi connectivity index (χ4n) is 2.68. The average Bonchev–Trinajstić information content (AvgIpc) is 2.70. The Balaban J connectivity index is 1.45. The maximum atomic E-state index is 12.8. The highest BCUT2D eigenvalue weighted by Crippen LogP contribution is 2.13. The van der Waals surface area contributed by atoms with Gasteiger partial charge in [0.15, 0.2) is 6.61 Å². The van der Waals surface area contributed by atoms with Gasteiger partial charge in [0.2, 0.25) is 5.91 Å². The minimum Gasteiger partial charge on any atom is -0.484 e. The molecule has 1 heterocycles. The third-order valence-electron chi connectivity index (χ3n) is 4.14. The molecule has 3 rings (SSSR count). The molecule has 0 saturated carbocycles. The number of rotatable bonds is 6. The van der Waals surface area contributed by atoms with Crippen molar-refractivity contribution in [1.29, 1.82) is 0 Å². The summed E-state index contributed by atoms with van der Waals surface area (Å²) in [6, 6.07) is 12.6. The van der Waals surface area contributed by atoms with E-state index in [1.807, 2.05) is 12.1 Å². The highest BCUT2D eigenvalue weighted by molar-refractivity contribution is 5.92. The van der Waals surface area contributed by atoms with E-state index < -0.39 is 0 Å². The molecule has 1 N–H and O–H groups in total. The molecule has 1 fully saturated rings. The van der Waals surface area contributed by atoms with Crippen LogP contribution in [0.15, 0.2) is 48.5 Å². The molecule has 0 radical (unpaired) electrons. The molecule has 27 heavy (non-hydrogen) atoms. The first-order chi connectivity index (χ1) is 13.1. The summed E-state index contributed by atoms with van der Waals surface area (Å²) >= 11 is 0. The van der Waals surface area contributed by atoms with Gasteiger partial charge in [-0.05, 0) is 42.0 Å². The Morgan fingerprint density at radius 1 is 1.04 bits per heavy atom. The lowest BCUT2D eigenvalue weighted by Crippen LogP contribution is -2.41. The zero-order chi connectivity index (χ0) is 19.1. The third-order valence-corrected chi connectivity index (χ3v) is 4.14. The summed E-state index contributed by atoms with van der Waals surface area (Å²) in [4.78, 5) is 26.0. The van der Waals surface area contributed by atoms with Crippen molar-refractivity contribution in [2.45, 2.75) is 6.42 Å². The van der Waals surface area contributed by atoms with Crippen molar-refractivity contribution in [3.8, 4) is 5.75 Å². The molecule has 1 aliphatic rings. The van der Waals surface area contributed by atoms with Crippen LogP contribution in [-0.2, 0) is 20.7 Å². The van der Waals surface area contributed by atoms with Crippen molar-refractivity contribution in [3.05, 3.63) is 59.9 Å².